The van der Waals surface area contributed by atoms with Gasteiger partial charge in [0.15, 0.2) is 4.87 Å². The second-order valence-electron chi connectivity index (χ2n) is 7.10. The van der Waals surface area contributed by atoms with Crippen LogP contribution in [0.3, 0.4) is 0 Å². The zero-order chi connectivity index (χ0) is 18.2. The van der Waals surface area contributed by atoms with Crippen molar-refractivity contribution in [2.45, 2.75) is 37.7 Å². The smallest absolute Gasteiger partial charge is 0.421 e. The highest BCUT2D eigenvalue weighted by molar-refractivity contribution is 6.42. The number of carbonyl (C=O) groups is 2. The molecule has 0 radical (unpaired) electrons. The largest absolute Gasteiger partial charge is 0.443 e. The first kappa shape index (κ1) is 17.5. The number of anilines is 1. The van der Waals surface area contributed by atoms with Crippen molar-refractivity contribution in [3.05, 3.63) is 65.7 Å². The van der Waals surface area contributed by atoms with Crippen LogP contribution in [0.15, 0.2) is 54.6 Å². The number of benzene rings is 2. The normalized spacial score (nSPS) is 19.7. The molecule has 1 atom stereocenters. The Morgan fingerprint density at radius 2 is 1.68 bits per heavy atom. The molecule has 1 aliphatic heterocycles. The third-order valence-corrected chi connectivity index (χ3v) is 4.48. The van der Waals surface area contributed by atoms with E-state index in [1.165, 1.54) is 0 Å². The maximum atomic E-state index is 13.1. The second-order valence-corrected chi connectivity index (χ2v) is 7.75. The van der Waals surface area contributed by atoms with Crippen LogP contribution in [0.25, 0.3) is 0 Å². The van der Waals surface area contributed by atoms with Gasteiger partial charge in [0.25, 0.3) is 5.91 Å². The zero-order valence-corrected chi connectivity index (χ0v) is 15.2. The molecule has 2 amide bonds. The molecular formula is C20H20ClNO3. The minimum Gasteiger partial charge on any atom is -0.443 e. The number of fused-ring (bicyclic) bond motifs is 1. The Labute approximate surface area is 152 Å². The fraction of sp³-hybridized carbons (Fsp3) is 0.300. The van der Waals surface area contributed by atoms with Gasteiger partial charge in [0, 0.05) is 12.0 Å². The molecule has 4 nitrogen and oxygen atoms in total. The highest BCUT2D eigenvalue weighted by Gasteiger charge is 2.52. The van der Waals surface area contributed by atoms with Crippen molar-refractivity contribution in [3.8, 4) is 0 Å². The van der Waals surface area contributed by atoms with E-state index in [0.29, 0.717) is 17.7 Å². The number of imide groups is 1. The number of carbonyl (C=O) groups excluding carboxylic acids is 2. The van der Waals surface area contributed by atoms with Gasteiger partial charge in [0.1, 0.15) is 5.60 Å². The fourth-order valence-electron chi connectivity index (χ4n) is 2.94. The molecule has 1 aliphatic rings. The molecule has 1 unspecified atom stereocenters. The maximum absolute atomic E-state index is 13.1. The molecule has 5 heteroatoms. The Hall–Kier alpha value is -2.33. The predicted octanol–water partition coefficient (Wildman–Crippen LogP) is 4.65. The van der Waals surface area contributed by atoms with Crippen molar-refractivity contribution < 1.29 is 14.3 Å². The molecule has 0 aromatic heterocycles. The third kappa shape index (κ3) is 3.27. The molecule has 25 heavy (non-hydrogen) atoms. The first-order valence-corrected chi connectivity index (χ1v) is 8.50. The lowest BCUT2D eigenvalue weighted by Crippen LogP contribution is -2.44. The molecule has 3 rings (SSSR count). The summed E-state index contributed by atoms with van der Waals surface area (Å²) in [6, 6.07) is 16.6. The molecule has 0 saturated heterocycles. The summed E-state index contributed by atoms with van der Waals surface area (Å²) in [7, 11) is 0. The second kappa shape index (κ2) is 6.19. The molecule has 2 aromatic carbocycles. The first-order chi connectivity index (χ1) is 11.7. The summed E-state index contributed by atoms with van der Waals surface area (Å²) in [6.07, 6.45) is -0.412. The summed E-state index contributed by atoms with van der Waals surface area (Å²) in [5.41, 5.74) is 1.32. The molecular weight excluding hydrogens is 338 g/mol. The number of para-hydroxylation sites is 1. The summed E-state index contributed by atoms with van der Waals surface area (Å²) < 4.78 is 5.40. The monoisotopic (exact) mass is 357 g/mol. The molecule has 0 bridgehead atoms. The van der Waals surface area contributed by atoms with Crippen LogP contribution in [-0.2, 0) is 20.8 Å². The highest BCUT2D eigenvalue weighted by atomic mass is 35.5. The maximum Gasteiger partial charge on any atom is 0.421 e. The number of amides is 2. The van der Waals surface area contributed by atoms with E-state index in [-0.39, 0.29) is 0 Å². The lowest BCUT2D eigenvalue weighted by atomic mass is 9.92. The van der Waals surface area contributed by atoms with Crippen LogP contribution in [0, 0.1) is 0 Å². The molecule has 2 aromatic rings. The van der Waals surface area contributed by atoms with Crippen LogP contribution in [0.4, 0.5) is 10.5 Å². The van der Waals surface area contributed by atoms with Crippen molar-refractivity contribution in [2.24, 2.45) is 0 Å². The Balaban J connectivity index is 2.02. The lowest BCUT2D eigenvalue weighted by Gasteiger charge is -2.25. The molecule has 130 valence electrons. The number of hydrogen-bond donors (Lipinski definition) is 0. The van der Waals surface area contributed by atoms with Gasteiger partial charge in [0.05, 0.1) is 5.69 Å². The molecule has 0 spiro atoms. The van der Waals surface area contributed by atoms with Gasteiger partial charge >= 0.3 is 6.09 Å². The van der Waals surface area contributed by atoms with Crippen LogP contribution < -0.4 is 4.90 Å². The number of nitrogens with zero attached hydrogens (tertiary/aromatic N) is 1. The Morgan fingerprint density at radius 1 is 1.08 bits per heavy atom. The van der Waals surface area contributed by atoms with Crippen molar-refractivity contribution in [1.82, 2.24) is 0 Å². The zero-order valence-electron chi connectivity index (χ0n) is 14.5. The van der Waals surface area contributed by atoms with E-state index in [2.05, 4.69) is 0 Å². The standard InChI is InChI=1S/C20H20ClNO3/c1-19(2,3)25-18(24)22-16-12-8-7-11-15(16)20(21,17(22)23)13-14-9-5-4-6-10-14/h4-12H,13H2,1-3H3. The number of ether oxygens (including phenoxy) is 1. The van der Waals surface area contributed by atoms with E-state index in [4.69, 9.17) is 16.3 Å². The molecule has 0 N–H and O–H groups in total. The fourth-order valence-corrected chi connectivity index (χ4v) is 3.34. The minimum absolute atomic E-state index is 0.296. The van der Waals surface area contributed by atoms with Gasteiger partial charge in [-0.15, -0.1) is 11.6 Å². The van der Waals surface area contributed by atoms with E-state index in [9.17, 15) is 9.59 Å². The van der Waals surface area contributed by atoms with Gasteiger partial charge in [-0.1, -0.05) is 48.5 Å². The van der Waals surface area contributed by atoms with E-state index >= 15 is 0 Å². The van der Waals surface area contributed by atoms with E-state index in [1.54, 1.807) is 39.0 Å². The summed E-state index contributed by atoms with van der Waals surface area (Å²) >= 11 is 6.80. The quantitative estimate of drug-likeness (QED) is 0.735. The van der Waals surface area contributed by atoms with Gasteiger partial charge in [-0.2, -0.15) is 0 Å². The SMILES string of the molecule is CC(C)(C)OC(=O)N1C(=O)C(Cl)(Cc2ccccc2)c2ccccc21. The van der Waals surface area contributed by atoms with Gasteiger partial charge in [-0.25, -0.2) is 9.69 Å². The minimum atomic E-state index is -1.32. The Kier molecular flexibility index (Phi) is 4.33. The predicted molar refractivity (Wildman–Crippen MR) is 97.8 cm³/mol. The third-order valence-electron chi connectivity index (χ3n) is 3.98. The topological polar surface area (TPSA) is 46.6 Å². The number of rotatable bonds is 2. The van der Waals surface area contributed by atoms with Gasteiger partial charge in [0.2, 0.25) is 0 Å². The Morgan fingerprint density at radius 3 is 2.32 bits per heavy atom. The summed E-state index contributed by atoms with van der Waals surface area (Å²) in [6.45, 7) is 5.28. The molecule has 0 fully saturated rings. The number of halogens is 1. The molecule has 0 saturated carbocycles. The van der Waals surface area contributed by atoms with E-state index in [1.807, 2.05) is 36.4 Å². The van der Waals surface area contributed by atoms with Crippen molar-refractivity contribution >= 4 is 29.3 Å². The van der Waals surface area contributed by atoms with Gasteiger partial charge in [-0.05, 0) is 32.4 Å². The molecule has 0 aliphatic carbocycles. The van der Waals surface area contributed by atoms with Gasteiger partial charge < -0.3 is 4.74 Å². The average Bonchev–Trinajstić information content (AvgIpc) is 2.75. The van der Waals surface area contributed by atoms with Crippen LogP contribution in [-0.4, -0.2) is 17.6 Å². The lowest BCUT2D eigenvalue weighted by molar-refractivity contribution is -0.120. The van der Waals surface area contributed by atoms with Crippen molar-refractivity contribution in [2.75, 3.05) is 4.90 Å². The number of alkyl halides is 1. The molecule has 1 heterocycles. The van der Waals surface area contributed by atoms with Gasteiger partial charge in [-0.3, -0.25) is 4.79 Å². The van der Waals surface area contributed by atoms with E-state index < -0.39 is 22.5 Å². The van der Waals surface area contributed by atoms with Crippen LogP contribution in [0.2, 0.25) is 0 Å². The van der Waals surface area contributed by atoms with Crippen LogP contribution >= 0.6 is 11.6 Å². The van der Waals surface area contributed by atoms with Crippen molar-refractivity contribution in [3.63, 3.8) is 0 Å². The van der Waals surface area contributed by atoms with Crippen LogP contribution in [0.1, 0.15) is 31.9 Å². The Bertz CT molecular complexity index is 813. The van der Waals surface area contributed by atoms with E-state index in [0.717, 1.165) is 10.5 Å². The highest BCUT2D eigenvalue weighted by Crippen LogP contribution is 2.47. The summed E-state index contributed by atoms with van der Waals surface area (Å²) in [5, 5.41) is 0. The average molecular weight is 358 g/mol. The van der Waals surface area contributed by atoms with Crippen LogP contribution in [0.5, 0.6) is 0 Å². The number of hydrogen-bond acceptors (Lipinski definition) is 3. The summed E-state index contributed by atoms with van der Waals surface area (Å²) in [5.74, 6) is -0.478. The summed E-state index contributed by atoms with van der Waals surface area (Å²) in [4.78, 5) is 25.4. The first-order valence-electron chi connectivity index (χ1n) is 8.12. The van der Waals surface area contributed by atoms with Crippen molar-refractivity contribution in [1.29, 1.82) is 0 Å².